The van der Waals surface area contributed by atoms with Crippen LogP contribution in [0.15, 0.2) is 76.2 Å². The summed E-state index contributed by atoms with van der Waals surface area (Å²) in [5.74, 6) is 0.492. The van der Waals surface area contributed by atoms with E-state index in [-0.39, 0.29) is 19.0 Å². The Bertz CT molecular complexity index is 1270. The summed E-state index contributed by atoms with van der Waals surface area (Å²) < 4.78 is 34.3. The molecule has 0 saturated heterocycles. The summed E-state index contributed by atoms with van der Waals surface area (Å²) in [7, 11) is -3.72. The van der Waals surface area contributed by atoms with Crippen LogP contribution in [0.1, 0.15) is 52.1 Å². The number of hydrogen-bond acceptors (Lipinski definition) is 4. The van der Waals surface area contributed by atoms with Gasteiger partial charge in [-0.25, -0.2) is 8.42 Å². The van der Waals surface area contributed by atoms with Gasteiger partial charge >= 0.3 is 0 Å². The number of carbonyl (C=O) groups excluding carboxylic acids is 1. The summed E-state index contributed by atoms with van der Waals surface area (Å²) in [6.45, 7) is 0.324. The molecule has 0 radical (unpaired) electrons. The van der Waals surface area contributed by atoms with E-state index in [1.807, 2.05) is 36.4 Å². The van der Waals surface area contributed by atoms with Gasteiger partial charge in [0.2, 0.25) is 10.0 Å². The van der Waals surface area contributed by atoms with Crippen LogP contribution in [0.4, 0.5) is 0 Å². The van der Waals surface area contributed by atoms with Crippen molar-refractivity contribution in [3.05, 3.63) is 99.8 Å². The van der Waals surface area contributed by atoms with E-state index in [2.05, 4.69) is 5.32 Å². The number of hydrogen-bond donors (Lipinski definition) is 1. The van der Waals surface area contributed by atoms with E-state index in [4.69, 9.17) is 4.42 Å². The largest absolute Gasteiger partial charge is 0.468 e. The van der Waals surface area contributed by atoms with Crippen molar-refractivity contribution in [1.29, 1.82) is 0 Å². The number of amides is 1. The Morgan fingerprint density at radius 1 is 0.970 bits per heavy atom. The van der Waals surface area contributed by atoms with Crippen molar-refractivity contribution >= 4 is 22.0 Å². The third kappa shape index (κ3) is 4.94. The molecule has 0 atom stereocenters. The van der Waals surface area contributed by atoms with Gasteiger partial charge in [0.15, 0.2) is 0 Å². The van der Waals surface area contributed by atoms with Crippen LogP contribution < -0.4 is 5.32 Å². The van der Waals surface area contributed by atoms with E-state index in [1.165, 1.54) is 4.31 Å². The van der Waals surface area contributed by atoms with Crippen molar-refractivity contribution in [1.82, 2.24) is 9.62 Å². The Morgan fingerprint density at radius 3 is 2.48 bits per heavy atom. The van der Waals surface area contributed by atoms with Crippen LogP contribution in [0.2, 0.25) is 0 Å². The fourth-order valence-electron chi connectivity index (χ4n) is 4.04. The highest BCUT2D eigenvalue weighted by molar-refractivity contribution is 7.93. The Labute approximate surface area is 194 Å². The minimum atomic E-state index is -3.72. The highest BCUT2D eigenvalue weighted by Gasteiger charge is 2.30. The van der Waals surface area contributed by atoms with E-state index in [0.29, 0.717) is 35.1 Å². The summed E-state index contributed by atoms with van der Waals surface area (Å²) in [5.41, 5.74) is 3.50. The van der Waals surface area contributed by atoms with Gasteiger partial charge in [0, 0.05) is 18.2 Å². The number of sulfonamides is 1. The van der Waals surface area contributed by atoms with Crippen molar-refractivity contribution in [2.75, 3.05) is 0 Å². The van der Waals surface area contributed by atoms with Crippen molar-refractivity contribution in [3.8, 4) is 0 Å². The van der Waals surface area contributed by atoms with Crippen LogP contribution in [0, 0.1) is 0 Å². The lowest BCUT2D eigenvalue weighted by atomic mass is 9.98. The van der Waals surface area contributed by atoms with Crippen LogP contribution >= 0.6 is 0 Å². The summed E-state index contributed by atoms with van der Waals surface area (Å²) in [6, 6.07) is 18.8. The minimum Gasteiger partial charge on any atom is -0.468 e. The molecule has 0 spiro atoms. The van der Waals surface area contributed by atoms with E-state index in [1.54, 1.807) is 36.6 Å². The third-order valence-electron chi connectivity index (χ3n) is 6.08. The summed E-state index contributed by atoms with van der Waals surface area (Å²) in [6.07, 6.45) is 6.56. The van der Waals surface area contributed by atoms with E-state index < -0.39 is 10.0 Å². The van der Waals surface area contributed by atoms with Gasteiger partial charge in [-0.05, 0) is 72.7 Å². The smallest absolute Gasteiger partial charge is 0.251 e. The molecule has 7 heteroatoms. The molecule has 1 aromatic heterocycles. The predicted octanol–water partition coefficient (Wildman–Crippen LogP) is 4.49. The van der Waals surface area contributed by atoms with Gasteiger partial charge in [-0.1, -0.05) is 36.4 Å². The molecule has 1 fully saturated rings. The van der Waals surface area contributed by atoms with Gasteiger partial charge in [-0.3, -0.25) is 4.79 Å². The van der Waals surface area contributed by atoms with Crippen LogP contribution in [0.25, 0.3) is 6.08 Å². The molecule has 2 aromatic carbocycles. The number of carbonyl (C=O) groups is 1. The number of benzene rings is 2. The highest BCUT2D eigenvalue weighted by Crippen LogP contribution is 2.30. The molecule has 3 aromatic rings. The van der Waals surface area contributed by atoms with Crippen molar-refractivity contribution < 1.29 is 17.6 Å². The Hall–Kier alpha value is -3.16. The number of nitrogens with one attached hydrogen (secondary N) is 1. The fourth-order valence-corrected chi connectivity index (χ4v) is 5.62. The molecular formula is C26H26N2O4S. The van der Waals surface area contributed by atoms with Crippen LogP contribution in [0.5, 0.6) is 0 Å². The maximum absolute atomic E-state index is 13.7. The molecule has 0 unspecified atom stereocenters. The lowest BCUT2D eigenvalue weighted by molar-refractivity contribution is 0.0951. The Kier molecular flexibility index (Phi) is 5.91. The van der Waals surface area contributed by atoms with E-state index in [0.717, 1.165) is 29.5 Å². The molecule has 170 valence electrons. The van der Waals surface area contributed by atoms with Crippen LogP contribution in [-0.4, -0.2) is 24.7 Å². The van der Waals surface area contributed by atoms with Gasteiger partial charge in [0.05, 0.1) is 17.7 Å². The van der Waals surface area contributed by atoms with Gasteiger partial charge in [-0.2, -0.15) is 4.31 Å². The van der Waals surface area contributed by atoms with Gasteiger partial charge in [0.1, 0.15) is 5.76 Å². The normalized spacial score (nSPS) is 15.7. The molecule has 0 aliphatic heterocycles. The topological polar surface area (TPSA) is 79.6 Å². The molecular weight excluding hydrogens is 436 g/mol. The molecule has 33 heavy (non-hydrogen) atoms. The van der Waals surface area contributed by atoms with E-state index in [9.17, 15) is 13.2 Å². The first-order valence-corrected chi connectivity index (χ1v) is 12.6. The first-order valence-electron chi connectivity index (χ1n) is 11.2. The predicted molar refractivity (Wildman–Crippen MR) is 127 cm³/mol. The van der Waals surface area contributed by atoms with Crippen LogP contribution in [-0.2, 0) is 29.5 Å². The maximum Gasteiger partial charge on any atom is 0.251 e. The Morgan fingerprint density at radius 2 is 1.76 bits per heavy atom. The number of furan rings is 1. The zero-order valence-corrected chi connectivity index (χ0v) is 19.1. The summed E-state index contributed by atoms with van der Waals surface area (Å²) >= 11 is 0. The standard InChI is InChI=1S/C26H26N2O4S/c29-26(27-23-12-13-23)21-9-7-19(8-10-21)17-28(18-24-6-3-15-32-24)33(30,31)25-14-11-20-4-1-2-5-22(20)16-25/h1-10,15-16,23H,11-14,17-18H2,(H,27,29). The van der Waals surface area contributed by atoms with Crippen molar-refractivity contribution in [2.45, 2.75) is 44.8 Å². The summed E-state index contributed by atoms with van der Waals surface area (Å²) in [4.78, 5) is 12.7. The number of fused-ring (bicyclic) bond motifs is 1. The van der Waals surface area contributed by atoms with Crippen molar-refractivity contribution in [3.63, 3.8) is 0 Å². The lowest BCUT2D eigenvalue weighted by Gasteiger charge is -2.25. The monoisotopic (exact) mass is 462 g/mol. The number of aryl methyl sites for hydroxylation is 1. The molecule has 2 aliphatic carbocycles. The molecule has 5 rings (SSSR count). The average Bonchev–Trinajstić information content (AvgIpc) is 3.49. The average molecular weight is 463 g/mol. The molecule has 2 aliphatic rings. The zero-order valence-electron chi connectivity index (χ0n) is 18.2. The van der Waals surface area contributed by atoms with Crippen LogP contribution in [0.3, 0.4) is 0 Å². The molecule has 0 bridgehead atoms. The number of rotatable bonds is 8. The SMILES string of the molecule is O=C(NC1CC1)c1ccc(CN(Cc2ccco2)S(=O)(=O)C2=Cc3ccccc3CC2)cc1. The third-order valence-corrected chi connectivity index (χ3v) is 8.01. The molecule has 6 nitrogen and oxygen atoms in total. The quantitative estimate of drug-likeness (QED) is 0.535. The molecule has 1 amide bonds. The molecule has 1 saturated carbocycles. The number of nitrogens with zero attached hydrogens (tertiary/aromatic N) is 1. The fraction of sp³-hybridized carbons (Fsp3) is 0.269. The van der Waals surface area contributed by atoms with Gasteiger partial charge in [0.25, 0.3) is 5.91 Å². The first-order chi connectivity index (χ1) is 16.0. The summed E-state index contributed by atoms with van der Waals surface area (Å²) in [5, 5.41) is 2.97. The zero-order chi connectivity index (χ0) is 22.8. The second kappa shape index (κ2) is 9.00. The highest BCUT2D eigenvalue weighted by atomic mass is 32.2. The second-order valence-corrected chi connectivity index (χ2v) is 10.6. The van der Waals surface area contributed by atoms with E-state index >= 15 is 0 Å². The maximum atomic E-state index is 13.7. The van der Waals surface area contributed by atoms with Gasteiger partial charge in [-0.15, -0.1) is 0 Å². The minimum absolute atomic E-state index is 0.0878. The lowest BCUT2D eigenvalue weighted by Crippen LogP contribution is -2.32. The first kappa shape index (κ1) is 21.7. The number of allylic oxidation sites excluding steroid dienone is 1. The van der Waals surface area contributed by atoms with Crippen molar-refractivity contribution in [2.24, 2.45) is 0 Å². The Balaban J connectivity index is 1.40. The second-order valence-electron chi connectivity index (χ2n) is 8.61. The molecule has 1 heterocycles. The van der Waals surface area contributed by atoms with Gasteiger partial charge < -0.3 is 9.73 Å². The molecule has 1 N–H and O–H groups in total.